The number of benzene rings is 1. The van der Waals surface area contributed by atoms with Gasteiger partial charge in [0.15, 0.2) is 0 Å². The summed E-state index contributed by atoms with van der Waals surface area (Å²) in [5.41, 5.74) is 6.56. The quantitative estimate of drug-likeness (QED) is 0.834. The van der Waals surface area contributed by atoms with Gasteiger partial charge in [-0.2, -0.15) is 0 Å². The van der Waals surface area contributed by atoms with Crippen LogP contribution in [0.3, 0.4) is 0 Å². The van der Waals surface area contributed by atoms with Crippen LogP contribution in [0.4, 0.5) is 8.78 Å². The van der Waals surface area contributed by atoms with Gasteiger partial charge in [-0.1, -0.05) is 20.3 Å². The van der Waals surface area contributed by atoms with Crippen molar-refractivity contribution < 1.29 is 8.78 Å². The zero-order valence-electron chi connectivity index (χ0n) is 10.3. The zero-order chi connectivity index (χ0) is 12.6. The molecule has 1 saturated carbocycles. The van der Waals surface area contributed by atoms with E-state index in [1.807, 2.05) is 0 Å². The highest BCUT2D eigenvalue weighted by Gasteiger charge is 2.39. The van der Waals surface area contributed by atoms with Gasteiger partial charge in [0.2, 0.25) is 0 Å². The third-order valence-electron chi connectivity index (χ3n) is 4.09. The van der Waals surface area contributed by atoms with Crippen LogP contribution in [0, 0.1) is 23.0 Å². The summed E-state index contributed by atoms with van der Waals surface area (Å²) >= 11 is 0. The molecule has 0 aromatic heterocycles. The average molecular weight is 239 g/mol. The number of halogens is 2. The Kier molecular flexibility index (Phi) is 3.21. The highest BCUT2D eigenvalue weighted by molar-refractivity contribution is 5.23. The van der Waals surface area contributed by atoms with E-state index in [0.717, 1.165) is 31.4 Å². The van der Waals surface area contributed by atoms with Gasteiger partial charge in [0.25, 0.3) is 0 Å². The highest BCUT2D eigenvalue weighted by Crippen LogP contribution is 2.48. The maximum absolute atomic E-state index is 13.7. The fourth-order valence-corrected chi connectivity index (χ4v) is 3.01. The molecule has 2 atom stereocenters. The molecular formula is C14H19F2N. The predicted molar refractivity (Wildman–Crippen MR) is 64.4 cm³/mol. The van der Waals surface area contributed by atoms with Crippen LogP contribution in [0.15, 0.2) is 18.2 Å². The monoisotopic (exact) mass is 239 g/mol. The maximum Gasteiger partial charge on any atom is 0.128 e. The van der Waals surface area contributed by atoms with E-state index in [4.69, 9.17) is 5.73 Å². The molecule has 17 heavy (non-hydrogen) atoms. The molecule has 0 aliphatic heterocycles. The predicted octanol–water partition coefficient (Wildman–Crippen LogP) is 3.79. The number of nitrogens with two attached hydrogens (primary N) is 1. The van der Waals surface area contributed by atoms with Crippen molar-refractivity contribution in [2.45, 2.75) is 39.2 Å². The van der Waals surface area contributed by atoms with Crippen LogP contribution in [0.2, 0.25) is 0 Å². The van der Waals surface area contributed by atoms with E-state index in [0.29, 0.717) is 5.56 Å². The summed E-state index contributed by atoms with van der Waals surface area (Å²) in [4.78, 5) is 0. The number of hydrogen-bond acceptors (Lipinski definition) is 1. The minimum atomic E-state index is -0.423. The van der Waals surface area contributed by atoms with Crippen LogP contribution >= 0.6 is 0 Å². The summed E-state index contributed by atoms with van der Waals surface area (Å²) in [6, 6.07) is 3.11. The molecule has 0 heterocycles. The molecule has 94 valence electrons. The first kappa shape index (κ1) is 12.5. The Balaban J connectivity index is 2.30. The molecule has 0 spiro atoms. The van der Waals surface area contributed by atoms with E-state index in [9.17, 15) is 8.78 Å². The summed E-state index contributed by atoms with van der Waals surface area (Å²) in [6.07, 6.45) is 3.20. The van der Waals surface area contributed by atoms with Crippen LogP contribution < -0.4 is 5.73 Å². The molecule has 1 fully saturated rings. The van der Waals surface area contributed by atoms with Gasteiger partial charge in [-0.15, -0.1) is 0 Å². The van der Waals surface area contributed by atoms with Crippen LogP contribution in [0.5, 0.6) is 0 Å². The summed E-state index contributed by atoms with van der Waals surface area (Å²) in [5.74, 6) is -0.604. The third-order valence-corrected chi connectivity index (χ3v) is 4.09. The summed E-state index contributed by atoms with van der Waals surface area (Å²) in [7, 11) is 0. The van der Waals surface area contributed by atoms with Crippen molar-refractivity contribution in [3.8, 4) is 0 Å². The average Bonchev–Trinajstić information content (AvgIpc) is 2.61. The Morgan fingerprint density at radius 3 is 2.65 bits per heavy atom. The van der Waals surface area contributed by atoms with Gasteiger partial charge in [0.1, 0.15) is 11.6 Å². The summed E-state index contributed by atoms with van der Waals surface area (Å²) < 4.78 is 26.8. The fraction of sp³-hybridized carbons (Fsp3) is 0.571. The molecule has 3 heteroatoms. The molecule has 2 rings (SSSR count). The minimum absolute atomic E-state index is 0.109. The van der Waals surface area contributed by atoms with Crippen LogP contribution in [0.25, 0.3) is 0 Å². The van der Waals surface area contributed by atoms with Gasteiger partial charge in [-0.05, 0) is 42.4 Å². The Bertz CT molecular complexity index is 415. The first-order chi connectivity index (χ1) is 7.92. The van der Waals surface area contributed by atoms with Crippen molar-refractivity contribution in [3.63, 3.8) is 0 Å². The maximum atomic E-state index is 13.7. The molecule has 0 bridgehead atoms. The lowest BCUT2D eigenvalue weighted by Gasteiger charge is -2.32. The molecular weight excluding hydrogens is 220 g/mol. The van der Waals surface area contributed by atoms with Gasteiger partial charge in [-0.3, -0.25) is 0 Å². The lowest BCUT2D eigenvalue weighted by Crippen LogP contribution is -2.30. The lowest BCUT2D eigenvalue weighted by atomic mass is 9.76. The van der Waals surface area contributed by atoms with E-state index in [1.165, 1.54) is 6.07 Å². The largest absolute Gasteiger partial charge is 0.324 e. The first-order valence-electron chi connectivity index (χ1n) is 6.12. The minimum Gasteiger partial charge on any atom is -0.324 e. The normalized spacial score (nSPS) is 24.9. The molecule has 1 aromatic carbocycles. The molecule has 2 N–H and O–H groups in total. The van der Waals surface area contributed by atoms with Crippen molar-refractivity contribution in [1.29, 1.82) is 0 Å². The van der Waals surface area contributed by atoms with E-state index >= 15 is 0 Å². The molecule has 0 radical (unpaired) electrons. The van der Waals surface area contributed by atoms with Crippen molar-refractivity contribution in [2.75, 3.05) is 0 Å². The molecule has 2 unspecified atom stereocenters. The number of hydrogen-bond donors (Lipinski definition) is 1. The molecule has 1 aliphatic rings. The topological polar surface area (TPSA) is 26.0 Å². The second-order valence-corrected chi connectivity index (χ2v) is 5.68. The third kappa shape index (κ3) is 2.34. The van der Waals surface area contributed by atoms with Crippen molar-refractivity contribution in [1.82, 2.24) is 0 Å². The highest BCUT2D eigenvalue weighted by atomic mass is 19.1. The van der Waals surface area contributed by atoms with E-state index < -0.39 is 17.7 Å². The van der Waals surface area contributed by atoms with Crippen LogP contribution in [-0.4, -0.2) is 0 Å². The van der Waals surface area contributed by atoms with Crippen LogP contribution in [0.1, 0.15) is 44.7 Å². The second-order valence-electron chi connectivity index (χ2n) is 5.68. The SMILES string of the molecule is CC1(C)CCCC1C(N)c1cc(F)ccc1F. The molecule has 1 nitrogen and oxygen atoms in total. The molecule has 0 saturated heterocycles. The summed E-state index contributed by atoms with van der Waals surface area (Å²) in [6.45, 7) is 4.31. The van der Waals surface area contributed by atoms with E-state index in [-0.39, 0.29) is 11.3 Å². The van der Waals surface area contributed by atoms with Gasteiger partial charge >= 0.3 is 0 Å². The van der Waals surface area contributed by atoms with Gasteiger partial charge < -0.3 is 5.73 Å². The smallest absolute Gasteiger partial charge is 0.128 e. The van der Waals surface area contributed by atoms with Crippen molar-refractivity contribution in [3.05, 3.63) is 35.4 Å². The van der Waals surface area contributed by atoms with Crippen molar-refractivity contribution in [2.24, 2.45) is 17.1 Å². The van der Waals surface area contributed by atoms with Gasteiger partial charge in [-0.25, -0.2) is 8.78 Å². The number of rotatable bonds is 2. The first-order valence-corrected chi connectivity index (χ1v) is 6.12. The molecule has 1 aliphatic carbocycles. The summed E-state index contributed by atoms with van der Waals surface area (Å²) in [5, 5.41) is 0. The fourth-order valence-electron chi connectivity index (χ4n) is 3.01. The van der Waals surface area contributed by atoms with E-state index in [2.05, 4.69) is 13.8 Å². The van der Waals surface area contributed by atoms with Gasteiger partial charge in [0, 0.05) is 11.6 Å². The Morgan fingerprint density at radius 2 is 2.06 bits per heavy atom. The van der Waals surface area contributed by atoms with Crippen LogP contribution in [-0.2, 0) is 0 Å². The Morgan fingerprint density at radius 1 is 1.35 bits per heavy atom. The standard InChI is InChI=1S/C14H19F2N/c1-14(2)7-3-4-11(14)13(17)10-8-9(15)5-6-12(10)16/h5-6,8,11,13H,3-4,7,17H2,1-2H3. The lowest BCUT2D eigenvalue weighted by molar-refractivity contribution is 0.219. The molecule has 1 aromatic rings. The van der Waals surface area contributed by atoms with Gasteiger partial charge in [0.05, 0.1) is 0 Å². The van der Waals surface area contributed by atoms with Crippen molar-refractivity contribution >= 4 is 0 Å². The second kappa shape index (κ2) is 4.37. The van der Waals surface area contributed by atoms with E-state index in [1.54, 1.807) is 0 Å². The molecule has 0 amide bonds. The zero-order valence-corrected chi connectivity index (χ0v) is 10.3. The Hall–Kier alpha value is -0.960. The Labute approximate surface area is 101 Å².